The number of benzene rings is 1. The minimum atomic E-state index is -0.651. The maximum Gasteiger partial charge on any atom is 0.329 e. The van der Waals surface area contributed by atoms with Gasteiger partial charge in [0.1, 0.15) is 0 Å². The number of β-amino-alcohol motifs (C(OH)–C–C–N with tert-alkyl or cyclic N) is 1. The Balaban J connectivity index is 2.02. The summed E-state index contributed by atoms with van der Waals surface area (Å²) in [5, 5.41) is 10.3. The molecule has 1 aliphatic rings. The average Bonchev–Trinajstić information content (AvgIpc) is 2.90. The summed E-state index contributed by atoms with van der Waals surface area (Å²) in [6.07, 6.45) is -0.651. The van der Waals surface area contributed by atoms with Crippen molar-refractivity contribution in [3.63, 3.8) is 0 Å². The molecule has 8 heteroatoms. The number of imidazole rings is 1. The zero-order valence-corrected chi connectivity index (χ0v) is 14.3. The Morgan fingerprint density at radius 2 is 1.84 bits per heavy atom. The average molecular weight is 341 g/mol. The first-order chi connectivity index (χ1) is 11.8. The van der Waals surface area contributed by atoms with Crippen LogP contribution in [0.3, 0.4) is 0 Å². The van der Waals surface area contributed by atoms with Crippen LogP contribution in [0, 0.1) is 13.8 Å². The number of nitrogens with one attached hydrogen (secondary N) is 1. The van der Waals surface area contributed by atoms with Crippen LogP contribution in [0.15, 0.2) is 27.8 Å². The number of hydrogen-bond acceptors (Lipinski definition) is 5. The fourth-order valence-electron chi connectivity index (χ4n) is 3.49. The lowest BCUT2D eigenvalue weighted by atomic mass is 10.1. The lowest BCUT2D eigenvalue weighted by Gasteiger charge is -2.32. The number of aliphatic hydroxyl groups excluding tert-OH is 1. The van der Waals surface area contributed by atoms with Crippen molar-refractivity contribution in [2.75, 3.05) is 11.4 Å². The molecule has 0 spiro atoms. The molecule has 0 aliphatic carbocycles. The van der Waals surface area contributed by atoms with E-state index in [4.69, 9.17) is 0 Å². The summed E-state index contributed by atoms with van der Waals surface area (Å²) in [7, 11) is 1.57. The van der Waals surface area contributed by atoms with Crippen LogP contribution >= 0.6 is 0 Å². The smallest absolute Gasteiger partial charge is 0.329 e. The number of aryl methyl sites for hydroxylation is 3. The van der Waals surface area contributed by atoms with Crippen molar-refractivity contribution in [1.29, 1.82) is 0 Å². The van der Waals surface area contributed by atoms with Gasteiger partial charge in [0.2, 0.25) is 5.95 Å². The van der Waals surface area contributed by atoms with Gasteiger partial charge in [-0.15, -0.1) is 0 Å². The van der Waals surface area contributed by atoms with Crippen LogP contribution in [0.1, 0.15) is 11.1 Å². The molecule has 130 valence electrons. The number of anilines is 2. The van der Waals surface area contributed by atoms with Crippen molar-refractivity contribution < 1.29 is 5.11 Å². The van der Waals surface area contributed by atoms with E-state index in [1.807, 2.05) is 30.9 Å². The molecule has 1 aromatic carbocycles. The Kier molecular flexibility index (Phi) is 3.33. The SMILES string of the molecule is Cc1cc(C)cc(N2C[C@@H](O)Cn3c2nc2c3c(=O)[nH]c(=O)n2C)c1. The number of H-pyrrole nitrogens is 1. The summed E-state index contributed by atoms with van der Waals surface area (Å²) in [5.74, 6) is 0.553. The first-order valence-electron chi connectivity index (χ1n) is 8.08. The molecule has 0 saturated carbocycles. The first-order valence-corrected chi connectivity index (χ1v) is 8.08. The van der Waals surface area contributed by atoms with Gasteiger partial charge in [0.05, 0.1) is 19.2 Å². The third-order valence-electron chi connectivity index (χ3n) is 4.53. The van der Waals surface area contributed by atoms with Crippen LogP contribution in [0.2, 0.25) is 0 Å². The third kappa shape index (κ3) is 2.37. The number of aliphatic hydroxyl groups is 1. The van der Waals surface area contributed by atoms with Crippen molar-refractivity contribution in [2.24, 2.45) is 7.05 Å². The number of aromatic nitrogens is 4. The van der Waals surface area contributed by atoms with Gasteiger partial charge in [-0.05, 0) is 37.1 Å². The molecular weight excluding hydrogens is 322 g/mol. The standard InChI is InChI=1S/C17H19N5O3/c1-9-4-10(2)6-11(5-9)21-7-12(23)8-22-13-14(18-16(21)22)20(3)17(25)19-15(13)24/h4-6,12,23H,7-8H2,1-3H3,(H,19,24,25)/t12-/m1/s1. The van der Waals surface area contributed by atoms with E-state index < -0.39 is 17.4 Å². The number of rotatable bonds is 1. The predicted octanol–water partition coefficient (Wildman–Crippen LogP) is 0.553. The monoisotopic (exact) mass is 341 g/mol. The zero-order valence-electron chi connectivity index (χ0n) is 14.3. The minimum absolute atomic E-state index is 0.258. The van der Waals surface area contributed by atoms with Crippen molar-refractivity contribution in [3.8, 4) is 0 Å². The molecule has 4 rings (SSSR count). The van der Waals surface area contributed by atoms with E-state index in [2.05, 4.69) is 16.0 Å². The Hall–Kier alpha value is -2.87. The summed E-state index contributed by atoms with van der Waals surface area (Å²) in [4.78, 5) is 32.9. The van der Waals surface area contributed by atoms with Crippen LogP contribution in [-0.2, 0) is 13.6 Å². The quantitative estimate of drug-likeness (QED) is 0.674. The van der Waals surface area contributed by atoms with Crippen LogP contribution in [0.5, 0.6) is 0 Å². The van der Waals surface area contributed by atoms with E-state index in [9.17, 15) is 14.7 Å². The largest absolute Gasteiger partial charge is 0.389 e. The molecule has 25 heavy (non-hydrogen) atoms. The lowest BCUT2D eigenvalue weighted by molar-refractivity contribution is 0.154. The van der Waals surface area contributed by atoms with Gasteiger partial charge in [0, 0.05) is 12.7 Å². The highest BCUT2D eigenvalue weighted by atomic mass is 16.3. The van der Waals surface area contributed by atoms with Crippen molar-refractivity contribution in [1.82, 2.24) is 19.1 Å². The van der Waals surface area contributed by atoms with E-state index in [1.165, 1.54) is 4.57 Å². The maximum atomic E-state index is 12.3. The molecule has 1 atom stereocenters. The lowest BCUT2D eigenvalue weighted by Crippen LogP contribution is -2.39. The highest BCUT2D eigenvalue weighted by Gasteiger charge is 2.29. The summed E-state index contributed by atoms with van der Waals surface area (Å²) in [6, 6.07) is 6.09. The molecule has 0 bridgehead atoms. The summed E-state index contributed by atoms with van der Waals surface area (Å²) >= 11 is 0. The van der Waals surface area contributed by atoms with Crippen molar-refractivity contribution in [2.45, 2.75) is 26.5 Å². The van der Waals surface area contributed by atoms with Crippen LogP contribution in [-0.4, -0.2) is 36.9 Å². The Morgan fingerprint density at radius 3 is 2.52 bits per heavy atom. The second-order valence-electron chi connectivity index (χ2n) is 6.62. The van der Waals surface area contributed by atoms with Crippen LogP contribution < -0.4 is 16.1 Å². The van der Waals surface area contributed by atoms with E-state index in [-0.39, 0.29) is 6.54 Å². The molecule has 0 fully saturated rings. The van der Waals surface area contributed by atoms with Gasteiger partial charge in [0.25, 0.3) is 5.56 Å². The fraction of sp³-hybridized carbons (Fsp3) is 0.353. The minimum Gasteiger partial charge on any atom is -0.389 e. The normalized spacial score (nSPS) is 17.1. The van der Waals surface area contributed by atoms with Gasteiger partial charge in [-0.25, -0.2) is 4.79 Å². The van der Waals surface area contributed by atoms with E-state index in [0.29, 0.717) is 23.7 Å². The van der Waals surface area contributed by atoms with Crippen LogP contribution in [0.25, 0.3) is 11.2 Å². The van der Waals surface area contributed by atoms with E-state index in [1.54, 1.807) is 11.6 Å². The van der Waals surface area contributed by atoms with Gasteiger partial charge < -0.3 is 14.6 Å². The molecule has 1 aliphatic heterocycles. The maximum absolute atomic E-state index is 12.3. The Bertz CT molecular complexity index is 1090. The van der Waals surface area contributed by atoms with E-state index >= 15 is 0 Å². The molecule has 0 radical (unpaired) electrons. The molecule has 0 saturated heterocycles. The van der Waals surface area contributed by atoms with Crippen molar-refractivity contribution in [3.05, 3.63) is 50.2 Å². The van der Waals surface area contributed by atoms with E-state index in [0.717, 1.165) is 16.8 Å². The molecule has 0 amide bonds. The summed E-state index contributed by atoms with van der Waals surface area (Å²) in [6.45, 7) is 4.65. The third-order valence-corrected chi connectivity index (χ3v) is 4.53. The molecule has 8 nitrogen and oxygen atoms in total. The number of nitrogens with zero attached hydrogens (tertiary/aromatic N) is 4. The van der Waals surface area contributed by atoms with Crippen LogP contribution in [0.4, 0.5) is 11.6 Å². The number of fused-ring (bicyclic) bond motifs is 3. The number of hydrogen-bond donors (Lipinski definition) is 2. The van der Waals surface area contributed by atoms with Gasteiger partial charge in [-0.3, -0.25) is 14.3 Å². The summed E-state index contributed by atoms with van der Waals surface area (Å²) < 4.78 is 2.99. The molecule has 2 N–H and O–H groups in total. The number of aromatic amines is 1. The zero-order chi connectivity index (χ0) is 17.9. The fourth-order valence-corrected chi connectivity index (χ4v) is 3.49. The Morgan fingerprint density at radius 1 is 1.16 bits per heavy atom. The first kappa shape index (κ1) is 15.6. The molecule has 3 aromatic rings. The summed E-state index contributed by atoms with van der Waals surface area (Å²) in [5.41, 5.74) is 2.70. The molecule has 2 aromatic heterocycles. The molecular formula is C17H19N5O3. The van der Waals surface area contributed by atoms with Gasteiger partial charge in [0.15, 0.2) is 11.2 Å². The second-order valence-corrected chi connectivity index (χ2v) is 6.62. The Labute approximate surface area is 143 Å². The van der Waals surface area contributed by atoms with Gasteiger partial charge in [-0.1, -0.05) is 6.07 Å². The van der Waals surface area contributed by atoms with Gasteiger partial charge >= 0.3 is 5.69 Å². The molecule has 0 unspecified atom stereocenters. The van der Waals surface area contributed by atoms with Gasteiger partial charge in [-0.2, -0.15) is 4.98 Å². The molecule has 3 heterocycles. The van der Waals surface area contributed by atoms with Crippen molar-refractivity contribution >= 4 is 22.8 Å². The highest BCUT2D eigenvalue weighted by Crippen LogP contribution is 2.32. The topological polar surface area (TPSA) is 96.2 Å². The second kappa shape index (κ2) is 5.32. The highest BCUT2D eigenvalue weighted by molar-refractivity contribution is 5.77. The predicted molar refractivity (Wildman–Crippen MR) is 94.5 cm³/mol.